The van der Waals surface area contributed by atoms with Gasteiger partial charge in [-0.1, -0.05) is 0 Å². The van der Waals surface area contributed by atoms with Gasteiger partial charge < -0.3 is 9.64 Å². The van der Waals surface area contributed by atoms with Crippen LogP contribution in [0.3, 0.4) is 0 Å². The molecule has 26 heavy (non-hydrogen) atoms. The molecule has 144 valence electrons. The summed E-state index contributed by atoms with van der Waals surface area (Å²) in [6.07, 6.45) is 7.40. The fourth-order valence-corrected chi connectivity index (χ4v) is 5.61. The third kappa shape index (κ3) is 4.12. The third-order valence-electron chi connectivity index (χ3n) is 6.50. The minimum absolute atomic E-state index is 0.0213. The topological polar surface area (TPSA) is 45.7 Å². The molecular formula is C20H31N3O2S. The van der Waals surface area contributed by atoms with Crippen molar-refractivity contribution in [2.24, 2.45) is 5.92 Å². The van der Waals surface area contributed by atoms with E-state index in [1.807, 2.05) is 5.51 Å². The lowest BCUT2D eigenvalue weighted by molar-refractivity contribution is -0.141. The van der Waals surface area contributed by atoms with Crippen molar-refractivity contribution in [1.29, 1.82) is 0 Å². The molecule has 0 saturated carbocycles. The second kappa shape index (κ2) is 7.95. The number of thiazole rings is 1. The summed E-state index contributed by atoms with van der Waals surface area (Å²) in [5, 5.41) is 0. The molecular weight excluding hydrogens is 346 g/mol. The Kier molecular flexibility index (Phi) is 5.62. The Labute approximate surface area is 160 Å². The first-order chi connectivity index (χ1) is 12.6. The van der Waals surface area contributed by atoms with Crippen LogP contribution in [0.25, 0.3) is 0 Å². The van der Waals surface area contributed by atoms with Crippen molar-refractivity contribution in [3.63, 3.8) is 0 Å². The molecule has 3 aliphatic heterocycles. The smallest absolute Gasteiger partial charge is 0.222 e. The third-order valence-corrected chi connectivity index (χ3v) is 7.42. The van der Waals surface area contributed by atoms with Crippen LogP contribution in [-0.4, -0.2) is 59.1 Å². The Morgan fingerprint density at radius 2 is 2.08 bits per heavy atom. The van der Waals surface area contributed by atoms with E-state index in [1.54, 1.807) is 11.3 Å². The first-order valence-corrected chi connectivity index (χ1v) is 11.0. The van der Waals surface area contributed by atoms with Gasteiger partial charge in [0.2, 0.25) is 5.91 Å². The number of hydrogen-bond donors (Lipinski definition) is 0. The lowest BCUT2D eigenvalue weighted by atomic mass is 9.78. The minimum Gasteiger partial charge on any atom is -0.375 e. The number of carbonyl (C=O) groups excluding carboxylic acids is 1. The number of carbonyl (C=O) groups is 1. The van der Waals surface area contributed by atoms with Gasteiger partial charge in [-0.25, -0.2) is 4.98 Å². The summed E-state index contributed by atoms with van der Waals surface area (Å²) in [5.74, 6) is 0.884. The van der Waals surface area contributed by atoms with Crippen LogP contribution in [0, 0.1) is 12.8 Å². The van der Waals surface area contributed by atoms with E-state index in [-0.39, 0.29) is 5.60 Å². The van der Waals surface area contributed by atoms with Crippen molar-refractivity contribution in [3.8, 4) is 0 Å². The summed E-state index contributed by atoms with van der Waals surface area (Å²) in [4.78, 5) is 22.9. The minimum atomic E-state index is 0.0213. The van der Waals surface area contributed by atoms with E-state index in [0.29, 0.717) is 11.8 Å². The molecule has 0 bridgehead atoms. The number of ether oxygens (including phenoxy) is 1. The van der Waals surface area contributed by atoms with Gasteiger partial charge in [0.1, 0.15) is 0 Å². The number of aryl methyl sites for hydroxylation is 1. The molecule has 1 unspecified atom stereocenters. The second-order valence-corrected chi connectivity index (χ2v) is 9.26. The number of aromatic nitrogens is 1. The SMILES string of the molecule is Cc1ncsc1CN1CCC2(CC1)CC(CC(=O)N1CCCC1)CCO2. The van der Waals surface area contributed by atoms with Crippen LogP contribution in [0.2, 0.25) is 0 Å². The molecule has 3 aliphatic rings. The van der Waals surface area contributed by atoms with Crippen LogP contribution >= 0.6 is 11.3 Å². The molecule has 1 aromatic rings. The zero-order chi connectivity index (χ0) is 18.0. The summed E-state index contributed by atoms with van der Waals surface area (Å²) in [6, 6.07) is 0. The van der Waals surface area contributed by atoms with Crippen LogP contribution in [0.4, 0.5) is 0 Å². The lowest BCUT2D eigenvalue weighted by Gasteiger charge is -2.46. The van der Waals surface area contributed by atoms with Crippen molar-refractivity contribution < 1.29 is 9.53 Å². The van der Waals surface area contributed by atoms with Gasteiger partial charge in [-0.2, -0.15) is 0 Å². The number of piperidine rings is 1. The van der Waals surface area contributed by atoms with Crippen molar-refractivity contribution in [2.75, 3.05) is 32.8 Å². The van der Waals surface area contributed by atoms with E-state index < -0.39 is 0 Å². The fraction of sp³-hybridized carbons (Fsp3) is 0.800. The predicted octanol–water partition coefficient (Wildman–Crippen LogP) is 3.23. The van der Waals surface area contributed by atoms with Crippen molar-refractivity contribution >= 4 is 17.2 Å². The maximum absolute atomic E-state index is 12.5. The maximum atomic E-state index is 12.5. The van der Waals surface area contributed by atoms with E-state index in [4.69, 9.17) is 4.74 Å². The molecule has 1 atom stereocenters. The molecule has 4 rings (SSSR count). The lowest BCUT2D eigenvalue weighted by Crippen LogP contribution is -2.49. The Balaban J connectivity index is 1.28. The molecule has 0 aromatic carbocycles. The Morgan fingerprint density at radius 1 is 1.31 bits per heavy atom. The summed E-state index contributed by atoms with van der Waals surface area (Å²) in [6.45, 7) is 8.06. The predicted molar refractivity (Wildman–Crippen MR) is 103 cm³/mol. The Morgan fingerprint density at radius 3 is 2.77 bits per heavy atom. The number of nitrogens with zero attached hydrogens (tertiary/aromatic N) is 3. The highest BCUT2D eigenvalue weighted by Crippen LogP contribution is 2.39. The summed E-state index contributed by atoms with van der Waals surface area (Å²) >= 11 is 1.76. The molecule has 1 amide bonds. The zero-order valence-electron chi connectivity index (χ0n) is 15.9. The average Bonchev–Trinajstić information content (AvgIpc) is 3.30. The first kappa shape index (κ1) is 18.4. The molecule has 5 nitrogen and oxygen atoms in total. The number of likely N-dealkylation sites (tertiary alicyclic amines) is 2. The van der Waals surface area contributed by atoms with Gasteiger partial charge in [-0.15, -0.1) is 11.3 Å². The highest BCUT2D eigenvalue weighted by atomic mass is 32.1. The highest BCUT2D eigenvalue weighted by Gasteiger charge is 2.41. The highest BCUT2D eigenvalue weighted by molar-refractivity contribution is 7.09. The molecule has 4 heterocycles. The van der Waals surface area contributed by atoms with Gasteiger partial charge in [0.25, 0.3) is 0 Å². The van der Waals surface area contributed by atoms with Gasteiger partial charge in [-0.05, 0) is 51.4 Å². The molecule has 0 N–H and O–H groups in total. The standard InChI is InChI=1S/C20H31N3O2S/c1-16-18(26-15-21-16)14-22-9-5-20(6-10-22)13-17(4-11-25-20)12-19(24)23-7-2-3-8-23/h15,17H,2-14H2,1H3. The molecule has 3 saturated heterocycles. The molecule has 6 heteroatoms. The molecule has 0 aliphatic carbocycles. The van der Waals surface area contributed by atoms with Gasteiger partial charge in [0.15, 0.2) is 0 Å². The van der Waals surface area contributed by atoms with Crippen LogP contribution in [0.15, 0.2) is 5.51 Å². The molecule has 1 aromatic heterocycles. The van der Waals surface area contributed by atoms with Crippen LogP contribution < -0.4 is 0 Å². The van der Waals surface area contributed by atoms with Gasteiger partial charge in [-0.3, -0.25) is 9.69 Å². The van der Waals surface area contributed by atoms with Crippen molar-refractivity contribution in [2.45, 2.75) is 64.0 Å². The quantitative estimate of drug-likeness (QED) is 0.808. The fourth-order valence-electron chi connectivity index (χ4n) is 4.79. The molecule has 3 fully saturated rings. The molecule has 1 spiro atoms. The van der Waals surface area contributed by atoms with E-state index >= 15 is 0 Å². The van der Waals surface area contributed by atoms with Gasteiger partial charge in [0, 0.05) is 50.6 Å². The van der Waals surface area contributed by atoms with Crippen molar-refractivity contribution in [1.82, 2.24) is 14.8 Å². The van der Waals surface area contributed by atoms with Crippen LogP contribution in [0.1, 0.15) is 55.5 Å². The zero-order valence-corrected chi connectivity index (χ0v) is 16.7. The maximum Gasteiger partial charge on any atom is 0.222 e. The summed E-state index contributed by atoms with van der Waals surface area (Å²) < 4.78 is 6.29. The van der Waals surface area contributed by atoms with Gasteiger partial charge in [0.05, 0.1) is 16.8 Å². The van der Waals surface area contributed by atoms with Gasteiger partial charge >= 0.3 is 0 Å². The molecule has 0 radical (unpaired) electrons. The summed E-state index contributed by atoms with van der Waals surface area (Å²) in [7, 11) is 0. The van der Waals surface area contributed by atoms with E-state index in [9.17, 15) is 4.79 Å². The first-order valence-electron chi connectivity index (χ1n) is 10.2. The van der Waals surface area contributed by atoms with E-state index in [2.05, 4.69) is 21.7 Å². The monoisotopic (exact) mass is 377 g/mol. The number of amides is 1. The Hall–Kier alpha value is -0.980. The largest absolute Gasteiger partial charge is 0.375 e. The number of rotatable bonds is 4. The summed E-state index contributed by atoms with van der Waals surface area (Å²) in [5.41, 5.74) is 3.14. The normalized spacial score (nSPS) is 26.5. The van der Waals surface area contributed by atoms with Crippen molar-refractivity contribution in [3.05, 3.63) is 16.1 Å². The number of hydrogen-bond acceptors (Lipinski definition) is 5. The van der Waals surface area contributed by atoms with Crippen LogP contribution in [-0.2, 0) is 16.1 Å². The van der Waals surface area contributed by atoms with E-state index in [0.717, 1.165) is 71.4 Å². The second-order valence-electron chi connectivity index (χ2n) is 8.32. The Bertz CT molecular complexity index is 618. The van der Waals surface area contributed by atoms with Crippen LogP contribution in [0.5, 0.6) is 0 Å². The average molecular weight is 378 g/mol. The van der Waals surface area contributed by atoms with E-state index in [1.165, 1.54) is 23.4 Å².